The van der Waals surface area contributed by atoms with Crippen LogP contribution in [0.1, 0.15) is 35.8 Å². The molecule has 0 saturated carbocycles. The fourth-order valence-electron chi connectivity index (χ4n) is 3.12. The molecule has 1 atom stereocenters. The molecule has 1 fully saturated rings. The summed E-state index contributed by atoms with van der Waals surface area (Å²) in [7, 11) is 0. The molecule has 1 amide bonds. The minimum atomic E-state index is -0.273. The number of halogens is 1. The van der Waals surface area contributed by atoms with Crippen molar-refractivity contribution < 1.29 is 13.9 Å². The van der Waals surface area contributed by atoms with Crippen LogP contribution in [-0.4, -0.2) is 35.5 Å². The van der Waals surface area contributed by atoms with Gasteiger partial charge in [-0.15, -0.1) is 0 Å². The Hall–Kier alpha value is -2.43. The first kappa shape index (κ1) is 17.4. The smallest absolute Gasteiger partial charge is 0.253 e. The molecule has 132 valence electrons. The van der Waals surface area contributed by atoms with Crippen LogP contribution in [-0.2, 0) is 6.42 Å². The van der Waals surface area contributed by atoms with Gasteiger partial charge in [-0.05, 0) is 55.7 Å². The first-order chi connectivity index (χ1) is 12.2. The number of hydrogen-bond acceptors (Lipinski definition) is 3. The van der Waals surface area contributed by atoms with Gasteiger partial charge in [0, 0.05) is 36.5 Å². The lowest BCUT2D eigenvalue weighted by Crippen LogP contribution is -2.41. The number of nitrogens with zero attached hydrogens (tertiary/aromatic N) is 2. The number of pyridine rings is 1. The monoisotopic (exact) mass is 342 g/mol. The molecule has 0 N–H and O–H groups in total. The first-order valence-corrected chi connectivity index (χ1v) is 8.78. The van der Waals surface area contributed by atoms with E-state index in [-0.39, 0.29) is 17.6 Å². The van der Waals surface area contributed by atoms with Gasteiger partial charge in [0.25, 0.3) is 5.91 Å². The number of aromatic nitrogens is 1. The minimum absolute atomic E-state index is 0.0589. The van der Waals surface area contributed by atoms with E-state index in [0.717, 1.165) is 31.5 Å². The average molecular weight is 342 g/mol. The normalized spacial score (nSPS) is 17.4. The van der Waals surface area contributed by atoms with Crippen LogP contribution in [0.2, 0.25) is 0 Å². The summed E-state index contributed by atoms with van der Waals surface area (Å²) in [6, 6.07) is 9.69. The molecule has 4 nitrogen and oxygen atoms in total. The highest BCUT2D eigenvalue weighted by atomic mass is 19.1. The maximum absolute atomic E-state index is 12.9. The van der Waals surface area contributed by atoms with Crippen molar-refractivity contribution in [2.75, 3.05) is 19.7 Å². The van der Waals surface area contributed by atoms with Crippen LogP contribution in [0.25, 0.3) is 0 Å². The van der Waals surface area contributed by atoms with Gasteiger partial charge >= 0.3 is 0 Å². The highest BCUT2D eigenvalue weighted by molar-refractivity contribution is 5.94. The Kier molecular flexibility index (Phi) is 5.64. The molecular weight excluding hydrogens is 319 g/mol. The molecule has 0 bridgehead atoms. The van der Waals surface area contributed by atoms with Gasteiger partial charge in [0.05, 0.1) is 6.61 Å². The van der Waals surface area contributed by atoms with Crippen LogP contribution in [0.3, 0.4) is 0 Å². The molecular formula is C20H23FN2O2. The SMILES string of the molecule is CCc1cc(C(=O)N2CCCC(COc3ccc(F)cc3)C2)ccn1. The number of benzene rings is 1. The Morgan fingerprint density at radius 1 is 1.32 bits per heavy atom. The molecule has 0 aliphatic carbocycles. The van der Waals surface area contributed by atoms with Crippen LogP contribution in [0.15, 0.2) is 42.6 Å². The summed E-state index contributed by atoms with van der Waals surface area (Å²) in [5.41, 5.74) is 1.63. The van der Waals surface area contributed by atoms with Gasteiger partial charge in [0.1, 0.15) is 11.6 Å². The second-order valence-electron chi connectivity index (χ2n) is 6.41. The lowest BCUT2D eigenvalue weighted by atomic mass is 9.98. The van der Waals surface area contributed by atoms with Crippen molar-refractivity contribution in [3.63, 3.8) is 0 Å². The summed E-state index contributed by atoms with van der Waals surface area (Å²) in [6.07, 6.45) is 4.51. The van der Waals surface area contributed by atoms with Crippen molar-refractivity contribution in [1.82, 2.24) is 9.88 Å². The van der Waals surface area contributed by atoms with Crippen molar-refractivity contribution in [3.8, 4) is 5.75 Å². The predicted molar refractivity (Wildman–Crippen MR) is 94.1 cm³/mol. The van der Waals surface area contributed by atoms with Crippen LogP contribution in [0.5, 0.6) is 5.75 Å². The topological polar surface area (TPSA) is 42.4 Å². The number of carbonyl (C=O) groups is 1. The summed E-state index contributed by atoms with van der Waals surface area (Å²) in [5.74, 6) is 0.732. The van der Waals surface area contributed by atoms with E-state index in [1.165, 1.54) is 12.1 Å². The lowest BCUT2D eigenvalue weighted by molar-refractivity contribution is 0.0633. The van der Waals surface area contributed by atoms with Crippen molar-refractivity contribution >= 4 is 5.91 Å². The molecule has 1 aromatic carbocycles. The van der Waals surface area contributed by atoms with Crippen molar-refractivity contribution in [2.45, 2.75) is 26.2 Å². The number of ether oxygens (including phenoxy) is 1. The summed E-state index contributed by atoms with van der Waals surface area (Å²) in [6.45, 7) is 4.02. The second-order valence-corrected chi connectivity index (χ2v) is 6.41. The van der Waals surface area contributed by atoms with Gasteiger partial charge in [-0.2, -0.15) is 0 Å². The number of hydrogen-bond donors (Lipinski definition) is 0. The van der Waals surface area contributed by atoms with E-state index in [0.29, 0.717) is 24.5 Å². The van der Waals surface area contributed by atoms with Crippen LogP contribution >= 0.6 is 0 Å². The number of carbonyl (C=O) groups excluding carboxylic acids is 1. The van der Waals surface area contributed by atoms with E-state index in [2.05, 4.69) is 4.98 Å². The third-order valence-electron chi connectivity index (χ3n) is 4.53. The molecule has 0 spiro atoms. The largest absolute Gasteiger partial charge is 0.493 e. The van der Waals surface area contributed by atoms with Gasteiger partial charge < -0.3 is 9.64 Å². The number of amides is 1. The fourth-order valence-corrected chi connectivity index (χ4v) is 3.12. The van der Waals surface area contributed by atoms with Crippen LogP contribution in [0.4, 0.5) is 4.39 Å². The van der Waals surface area contributed by atoms with Crippen molar-refractivity contribution in [2.24, 2.45) is 5.92 Å². The summed E-state index contributed by atoms with van der Waals surface area (Å²) in [5, 5.41) is 0. The molecule has 5 heteroatoms. The molecule has 25 heavy (non-hydrogen) atoms. The standard InChI is InChI=1S/C20H23FN2O2/c1-2-18-12-16(9-10-22-18)20(24)23-11-3-4-15(13-23)14-25-19-7-5-17(21)6-8-19/h5-10,12,15H,2-4,11,13-14H2,1H3. The first-order valence-electron chi connectivity index (χ1n) is 8.78. The van der Waals surface area contributed by atoms with E-state index < -0.39 is 0 Å². The number of likely N-dealkylation sites (tertiary alicyclic amines) is 1. The Morgan fingerprint density at radius 2 is 2.12 bits per heavy atom. The van der Waals surface area contributed by atoms with E-state index >= 15 is 0 Å². The van der Waals surface area contributed by atoms with Gasteiger partial charge in [0.15, 0.2) is 0 Å². The van der Waals surface area contributed by atoms with Crippen LogP contribution in [0, 0.1) is 11.7 Å². The average Bonchev–Trinajstić information content (AvgIpc) is 2.67. The molecule has 3 rings (SSSR count). The van der Waals surface area contributed by atoms with Crippen LogP contribution < -0.4 is 4.74 Å². The number of aryl methyl sites for hydroxylation is 1. The van der Waals surface area contributed by atoms with E-state index in [1.54, 1.807) is 24.4 Å². The van der Waals surface area contributed by atoms with E-state index in [1.807, 2.05) is 17.9 Å². The summed E-state index contributed by atoms with van der Waals surface area (Å²) < 4.78 is 18.7. The lowest BCUT2D eigenvalue weighted by Gasteiger charge is -2.32. The van der Waals surface area contributed by atoms with Crippen molar-refractivity contribution in [3.05, 3.63) is 59.7 Å². The molecule has 1 unspecified atom stereocenters. The Labute approximate surface area is 147 Å². The quantitative estimate of drug-likeness (QED) is 0.832. The fraction of sp³-hybridized carbons (Fsp3) is 0.400. The molecule has 1 aromatic heterocycles. The summed E-state index contributed by atoms with van der Waals surface area (Å²) >= 11 is 0. The zero-order valence-electron chi connectivity index (χ0n) is 14.5. The Morgan fingerprint density at radius 3 is 2.88 bits per heavy atom. The van der Waals surface area contributed by atoms with Gasteiger partial charge in [-0.3, -0.25) is 9.78 Å². The third-order valence-corrected chi connectivity index (χ3v) is 4.53. The van der Waals surface area contributed by atoms with Crippen molar-refractivity contribution in [1.29, 1.82) is 0 Å². The highest BCUT2D eigenvalue weighted by Crippen LogP contribution is 2.21. The van der Waals surface area contributed by atoms with Gasteiger partial charge in [-0.1, -0.05) is 6.92 Å². The molecule has 2 heterocycles. The molecule has 1 saturated heterocycles. The maximum Gasteiger partial charge on any atom is 0.253 e. The van der Waals surface area contributed by atoms with Gasteiger partial charge in [-0.25, -0.2) is 4.39 Å². The van der Waals surface area contributed by atoms with E-state index in [4.69, 9.17) is 4.74 Å². The number of piperidine rings is 1. The van der Waals surface area contributed by atoms with Gasteiger partial charge in [0.2, 0.25) is 0 Å². The number of rotatable bonds is 5. The zero-order valence-corrected chi connectivity index (χ0v) is 14.5. The predicted octanol–water partition coefficient (Wildman–Crippen LogP) is 3.71. The summed E-state index contributed by atoms with van der Waals surface area (Å²) in [4.78, 5) is 18.9. The zero-order chi connectivity index (χ0) is 17.6. The molecule has 2 aromatic rings. The minimum Gasteiger partial charge on any atom is -0.493 e. The third kappa shape index (κ3) is 4.56. The molecule has 1 aliphatic rings. The maximum atomic E-state index is 12.9. The van der Waals surface area contributed by atoms with E-state index in [9.17, 15) is 9.18 Å². The Balaban J connectivity index is 1.58. The Bertz CT molecular complexity index is 718. The molecule has 1 aliphatic heterocycles. The highest BCUT2D eigenvalue weighted by Gasteiger charge is 2.25. The second kappa shape index (κ2) is 8.10. The molecule has 0 radical (unpaired) electrons.